The Balaban J connectivity index is 1.67. The molecule has 0 saturated heterocycles. The summed E-state index contributed by atoms with van der Waals surface area (Å²) >= 11 is 0. The number of amides is 2. The van der Waals surface area contributed by atoms with Gasteiger partial charge in [-0.05, 0) is 62.3 Å². The lowest BCUT2D eigenvalue weighted by Crippen LogP contribution is -2.37. The number of imidazole rings is 1. The minimum Gasteiger partial charge on any atom is -0.366 e. The molecule has 37 heavy (non-hydrogen) atoms. The number of hydrogen-bond donors (Lipinski definition) is 4. The zero-order valence-electron chi connectivity index (χ0n) is 20.2. The number of aromatic amines is 1. The van der Waals surface area contributed by atoms with Crippen LogP contribution in [0.3, 0.4) is 0 Å². The fourth-order valence-electron chi connectivity index (χ4n) is 4.78. The molecular formula is C27H30F3N5O2. The molecule has 1 aromatic heterocycles. The first-order valence-electron chi connectivity index (χ1n) is 12.3. The molecule has 0 unspecified atom stereocenters. The predicted octanol–water partition coefficient (Wildman–Crippen LogP) is 4.36. The molecule has 0 bridgehead atoms. The zero-order chi connectivity index (χ0) is 26.6. The fourth-order valence-corrected chi connectivity index (χ4v) is 4.78. The van der Waals surface area contributed by atoms with Crippen LogP contribution in [0.25, 0.3) is 11.3 Å². The fraction of sp³-hybridized carbons (Fsp3) is 0.370. The summed E-state index contributed by atoms with van der Waals surface area (Å²) in [6.07, 6.45) is -1.38. The lowest BCUT2D eigenvalue weighted by molar-refractivity contribution is -0.140. The van der Waals surface area contributed by atoms with E-state index in [1.54, 1.807) is 0 Å². The van der Waals surface area contributed by atoms with Gasteiger partial charge >= 0.3 is 6.18 Å². The molecule has 196 valence electrons. The lowest BCUT2D eigenvalue weighted by atomic mass is 9.81. The molecule has 6 N–H and O–H groups in total. The van der Waals surface area contributed by atoms with Crippen molar-refractivity contribution in [3.05, 3.63) is 77.2 Å². The molecule has 1 saturated carbocycles. The Labute approximate surface area is 212 Å². The van der Waals surface area contributed by atoms with Gasteiger partial charge in [-0.3, -0.25) is 9.59 Å². The highest BCUT2D eigenvalue weighted by atomic mass is 19.4. The third kappa shape index (κ3) is 6.37. The number of nitrogens with two attached hydrogens (primary N) is 2. The summed E-state index contributed by atoms with van der Waals surface area (Å²) in [6.45, 7) is 0.584. The van der Waals surface area contributed by atoms with Crippen molar-refractivity contribution in [2.45, 2.75) is 44.3 Å². The number of carbonyl (C=O) groups excluding carboxylic acids is 2. The maximum absolute atomic E-state index is 14.0. The summed E-state index contributed by atoms with van der Waals surface area (Å²) in [5.41, 5.74) is 10.9. The highest BCUT2D eigenvalue weighted by Crippen LogP contribution is 2.37. The Morgan fingerprint density at radius 2 is 1.68 bits per heavy atom. The molecule has 1 heterocycles. The van der Waals surface area contributed by atoms with Crippen molar-refractivity contribution in [2.24, 2.45) is 23.3 Å². The van der Waals surface area contributed by atoms with Crippen LogP contribution in [0.2, 0.25) is 0 Å². The molecule has 1 atom stereocenters. The minimum atomic E-state index is -4.72. The zero-order valence-corrected chi connectivity index (χ0v) is 20.2. The van der Waals surface area contributed by atoms with Crippen LogP contribution in [-0.2, 0) is 17.4 Å². The van der Waals surface area contributed by atoms with Gasteiger partial charge in [-0.15, -0.1) is 0 Å². The first kappa shape index (κ1) is 26.4. The van der Waals surface area contributed by atoms with Crippen molar-refractivity contribution >= 4 is 11.8 Å². The van der Waals surface area contributed by atoms with E-state index in [2.05, 4.69) is 15.3 Å². The number of alkyl halides is 3. The van der Waals surface area contributed by atoms with Gasteiger partial charge in [0.15, 0.2) is 0 Å². The van der Waals surface area contributed by atoms with E-state index in [0.717, 1.165) is 18.4 Å². The second-order valence-electron chi connectivity index (χ2n) is 9.49. The van der Waals surface area contributed by atoms with Gasteiger partial charge in [-0.1, -0.05) is 42.5 Å². The lowest BCUT2D eigenvalue weighted by Gasteiger charge is -2.28. The number of nitrogens with one attached hydrogen (secondary N) is 2. The van der Waals surface area contributed by atoms with Gasteiger partial charge < -0.3 is 21.8 Å². The number of H-pyrrole nitrogens is 1. The van der Waals surface area contributed by atoms with Crippen LogP contribution in [0.15, 0.2) is 54.6 Å². The largest absolute Gasteiger partial charge is 0.433 e. The maximum Gasteiger partial charge on any atom is 0.433 e. The summed E-state index contributed by atoms with van der Waals surface area (Å²) in [5.74, 6) is -0.703. The second-order valence-corrected chi connectivity index (χ2v) is 9.49. The van der Waals surface area contributed by atoms with Crippen molar-refractivity contribution in [3.8, 4) is 11.3 Å². The standard InChI is InChI=1S/C27H30F3N5O2/c28-27(29,30)23-22(18-10-12-19(13-11-18)24(32)36)34-25(35-23)21(14-16-4-2-1-3-5-16)33-26(37)20-8-6-17(15-31)7-9-20/h1-5,10-13,17,20-21H,6-9,14-15,31H2,(H2,32,36)(H,33,37)(H,34,35)/t17?,20?,21-/m0/s1. The quantitative estimate of drug-likeness (QED) is 0.357. The Bertz CT molecular complexity index is 1220. The van der Waals surface area contributed by atoms with E-state index in [4.69, 9.17) is 11.5 Å². The van der Waals surface area contributed by atoms with Crippen LogP contribution < -0.4 is 16.8 Å². The molecule has 0 radical (unpaired) electrons. The summed E-state index contributed by atoms with van der Waals surface area (Å²) in [7, 11) is 0. The van der Waals surface area contributed by atoms with Gasteiger partial charge in [0.25, 0.3) is 0 Å². The number of primary amides is 1. The Hall–Kier alpha value is -3.66. The Kier molecular flexibility index (Phi) is 7.97. The highest BCUT2D eigenvalue weighted by molar-refractivity contribution is 5.93. The third-order valence-electron chi connectivity index (χ3n) is 6.93. The first-order chi connectivity index (χ1) is 17.7. The molecule has 10 heteroatoms. The highest BCUT2D eigenvalue weighted by Gasteiger charge is 2.38. The van der Waals surface area contributed by atoms with E-state index >= 15 is 0 Å². The average Bonchev–Trinajstić information content (AvgIpc) is 3.35. The van der Waals surface area contributed by atoms with Crippen LogP contribution >= 0.6 is 0 Å². The topological polar surface area (TPSA) is 127 Å². The van der Waals surface area contributed by atoms with E-state index in [9.17, 15) is 22.8 Å². The number of hydrogen-bond acceptors (Lipinski definition) is 4. The number of carbonyl (C=O) groups is 2. The molecule has 0 aliphatic heterocycles. The van der Waals surface area contributed by atoms with E-state index in [-0.39, 0.29) is 40.9 Å². The third-order valence-corrected chi connectivity index (χ3v) is 6.93. The molecule has 4 rings (SSSR count). The molecule has 2 amide bonds. The molecule has 3 aromatic rings. The van der Waals surface area contributed by atoms with Crippen molar-refractivity contribution in [1.82, 2.24) is 15.3 Å². The molecule has 1 aliphatic rings. The predicted molar refractivity (Wildman–Crippen MR) is 133 cm³/mol. The number of nitrogens with zero attached hydrogens (tertiary/aromatic N) is 1. The van der Waals surface area contributed by atoms with E-state index in [1.807, 2.05) is 30.3 Å². The molecule has 2 aromatic carbocycles. The van der Waals surface area contributed by atoms with E-state index in [1.165, 1.54) is 24.3 Å². The number of aromatic nitrogens is 2. The minimum absolute atomic E-state index is 0.00847. The maximum atomic E-state index is 14.0. The molecular weight excluding hydrogens is 483 g/mol. The van der Waals surface area contributed by atoms with Crippen LogP contribution in [0.4, 0.5) is 13.2 Å². The number of benzene rings is 2. The van der Waals surface area contributed by atoms with Gasteiger partial charge in [0, 0.05) is 17.0 Å². The van der Waals surface area contributed by atoms with Gasteiger partial charge in [0.1, 0.15) is 17.2 Å². The first-order valence-corrected chi connectivity index (χ1v) is 12.3. The van der Waals surface area contributed by atoms with Gasteiger partial charge in [0.05, 0.1) is 6.04 Å². The molecule has 1 fully saturated rings. The Morgan fingerprint density at radius 1 is 1.03 bits per heavy atom. The SMILES string of the molecule is NCC1CCC(C(=O)N[C@@H](Cc2ccccc2)c2nc(-c3ccc(C(N)=O)cc3)c(C(F)(F)F)[nH]2)CC1. The summed E-state index contributed by atoms with van der Waals surface area (Å²) in [5, 5.41) is 2.96. The van der Waals surface area contributed by atoms with Crippen molar-refractivity contribution in [1.29, 1.82) is 0 Å². The van der Waals surface area contributed by atoms with E-state index in [0.29, 0.717) is 25.3 Å². The molecule has 1 aliphatic carbocycles. The second kappa shape index (κ2) is 11.2. The summed E-state index contributed by atoms with van der Waals surface area (Å²) < 4.78 is 42.1. The number of rotatable bonds is 8. The van der Waals surface area contributed by atoms with Gasteiger partial charge in [-0.2, -0.15) is 13.2 Å². The van der Waals surface area contributed by atoms with Crippen LogP contribution in [-0.4, -0.2) is 28.3 Å². The van der Waals surface area contributed by atoms with E-state index < -0.39 is 23.8 Å². The summed E-state index contributed by atoms with van der Waals surface area (Å²) in [6, 6.07) is 13.9. The number of halogens is 3. The summed E-state index contributed by atoms with van der Waals surface area (Å²) in [4.78, 5) is 31.3. The van der Waals surface area contributed by atoms with Crippen LogP contribution in [0, 0.1) is 11.8 Å². The van der Waals surface area contributed by atoms with Gasteiger partial charge in [-0.25, -0.2) is 4.98 Å². The average molecular weight is 514 g/mol. The van der Waals surface area contributed by atoms with Gasteiger partial charge in [0.2, 0.25) is 11.8 Å². The van der Waals surface area contributed by atoms with Crippen molar-refractivity contribution in [2.75, 3.05) is 6.54 Å². The van der Waals surface area contributed by atoms with Crippen molar-refractivity contribution in [3.63, 3.8) is 0 Å². The van der Waals surface area contributed by atoms with Crippen LogP contribution in [0.5, 0.6) is 0 Å². The normalized spacial score (nSPS) is 18.8. The molecule has 7 nitrogen and oxygen atoms in total. The monoisotopic (exact) mass is 513 g/mol. The van der Waals surface area contributed by atoms with Crippen LogP contribution in [0.1, 0.15) is 59.2 Å². The smallest absolute Gasteiger partial charge is 0.366 e. The molecule has 0 spiro atoms. The van der Waals surface area contributed by atoms with Crippen molar-refractivity contribution < 1.29 is 22.8 Å². The Morgan fingerprint density at radius 3 is 2.24 bits per heavy atom.